The third-order valence-corrected chi connectivity index (χ3v) is 4.35. The van der Waals surface area contributed by atoms with E-state index < -0.39 is 5.41 Å². The molecule has 4 heteroatoms. The summed E-state index contributed by atoms with van der Waals surface area (Å²) in [6.45, 7) is 15.4. The Labute approximate surface area is 140 Å². The lowest BCUT2D eigenvalue weighted by Gasteiger charge is -2.36. The Hall–Kier alpha value is -1.68. The van der Waals surface area contributed by atoms with Gasteiger partial charge in [0.15, 0.2) is 0 Å². The summed E-state index contributed by atoms with van der Waals surface area (Å²) in [7, 11) is 0. The molecule has 0 bridgehead atoms. The van der Waals surface area contributed by atoms with Crippen molar-refractivity contribution < 1.29 is 4.79 Å². The quantitative estimate of drug-likeness (QED) is 0.711. The van der Waals surface area contributed by atoms with Crippen molar-refractivity contribution in [1.29, 1.82) is 0 Å². The third-order valence-electron chi connectivity index (χ3n) is 4.35. The van der Waals surface area contributed by atoms with E-state index in [9.17, 15) is 4.79 Å². The Bertz CT molecular complexity index is 517. The van der Waals surface area contributed by atoms with Crippen molar-refractivity contribution in [2.24, 2.45) is 5.73 Å². The number of amides is 1. The topological polar surface area (TPSA) is 59.2 Å². The highest BCUT2D eigenvalue weighted by Crippen LogP contribution is 2.33. The molecule has 2 N–H and O–H groups in total. The Morgan fingerprint density at radius 2 is 1.91 bits per heavy atom. The van der Waals surface area contributed by atoms with Gasteiger partial charge < -0.3 is 5.73 Å². The van der Waals surface area contributed by atoms with Crippen molar-refractivity contribution in [3.63, 3.8) is 0 Å². The maximum absolute atomic E-state index is 12.4. The number of nitrogens with zero attached hydrogens (tertiary/aromatic N) is 2. The molecule has 1 unspecified atom stereocenters. The molecule has 1 aromatic heterocycles. The Morgan fingerprint density at radius 1 is 1.30 bits per heavy atom. The van der Waals surface area contributed by atoms with Gasteiger partial charge in [-0.25, -0.2) is 0 Å². The van der Waals surface area contributed by atoms with Crippen LogP contribution in [0.3, 0.4) is 0 Å². The number of allylic oxidation sites excluding steroid dienone is 1. The van der Waals surface area contributed by atoms with Gasteiger partial charge in [-0.05, 0) is 59.6 Å². The number of hydrogen-bond acceptors (Lipinski definition) is 3. The van der Waals surface area contributed by atoms with Gasteiger partial charge in [0.2, 0.25) is 5.91 Å². The first kappa shape index (κ1) is 19.4. The number of aromatic nitrogens is 1. The normalized spacial score (nSPS) is 14.3. The molecule has 0 aromatic carbocycles. The molecule has 0 radical (unpaired) electrons. The summed E-state index contributed by atoms with van der Waals surface area (Å²) >= 11 is 0. The fourth-order valence-corrected chi connectivity index (χ4v) is 3.24. The molecule has 1 amide bonds. The molecular formula is C19H31N3O. The lowest BCUT2D eigenvalue weighted by molar-refractivity contribution is -0.124. The molecule has 0 saturated carbocycles. The van der Waals surface area contributed by atoms with Gasteiger partial charge in [-0.2, -0.15) is 0 Å². The summed E-state index contributed by atoms with van der Waals surface area (Å²) in [5.74, 6) is -0.327. The molecule has 0 spiro atoms. The number of nitrogens with two attached hydrogens (primary N) is 1. The zero-order valence-corrected chi connectivity index (χ0v) is 15.2. The lowest BCUT2D eigenvalue weighted by Crippen LogP contribution is -2.47. The number of carbonyl (C=O) groups excluding carboxylic acids is 1. The SMILES string of the molecule is C=C(C)CC(CCN(C(C)C)C(C)C)(C(N)=O)c1ccccn1. The third kappa shape index (κ3) is 4.90. The van der Waals surface area contributed by atoms with Crippen LogP contribution in [0.15, 0.2) is 36.5 Å². The van der Waals surface area contributed by atoms with Crippen LogP contribution in [0.5, 0.6) is 0 Å². The van der Waals surface area contributed by atoms with Gasteiger partial charge in [0.1, 0.15) is 0 Å². The minimum absolute atomic E-state index is 0.327. The fourth-order valence-electron chi connectivity index (χ4n) is 3.24. The standard InChI is InChI=1S/C19H31N3O/c1-14(2)13-19(18(20)23,17-9-7-8-11-21-17)10-12-22(15(3)4)16(5)6/h7-9,11,15-16H,1,10,12-13H2,2-6H3,(H2,20,23). The van der Waals surface area contributed by atoms with Crippen molar-refractivity contribution in [1.82, 2.24) is 9.88 Å². The highest BCUT2D eigenvalue weighted by atomic mass is 16.1. The molecular weight excluding hydrogens is 286 g/mol. The van der Waals surface area contributed by atoms with Crippen molar-refractivity contribution in [3.05, 3.63) is 42.2 Å². The summed E-state index contributed by atoms with van der Waals surface area (Å²) in [5.41, 5.74) is 6.73. The lowest BCUT2D eigenvalue weighted by atomic mass is 9.74. The van der Waals surface area contributed by atoms with E-state index in [1.807, 2.05) is 25.1 Å². The average molecular weight is 317 g/mol. The van der Waals surface area contributed by atoms with Crippen LogP contribution >= 0.6 is 0 Å². The van der Waals surface area contributed by atoms with E-state index in [1.54, 1.807) is 6.20 Å². The molecule has 1 heterocycles. The molecule has 128 valence electrons. The number of pyridine rings is 1. The summed E-state index contributed by atoms with van der Waals surface area (Å²) < 4.78 is 0. The Balaban J connectivity index is 3.18. The molecule has 0 saturated heterocycles. The van der Waals surface area contributed by atoms with Crippen LogP contribution in [0.2, 0.25) is 0 Å². The van der Waals surface area contributed by atoms with Crippen molar-refractivity contribution >= 4 is 5.91 Å². The highest BCUT2D eigenvalue weighted by molar-refractivity contribution is 5.86. The van der Waals surface area contributed by atoms with Crippen molar-refractivity contribution in [3.8, 4) is 0 Å². The van der Waals surface area contributed by atoms with E-state index in [1.165, 1.54) is 0 Å². The van der Waals surface area contributed by atoms with E-state index in [4.69, 9.17) is 5.73 Å². The smallest absolute Gasteiger partial charge is 0.230 e. The number of primary amides is 1. The summed E-state index contributed by atoms with van der Waals surface area (Å²) in [5, 5.41) is 0. The second-order valence-corrected chi connectivity index (χ2v) is 6.97. The van der Waals surface area contributed by atoms with E-state index in [0.29, 0.717) is 24.9 Å². The summed E-state index contributed by atoms with van der Waals surface area (Å²) in [6, 6.07) is 6.47. The van der Waals surface area contributed by atoms with Gasteiger partial charge in [0, 0.05) is 24.8 Å². The highest BCUT2D eigenvalue weighted by Gasteiger charge is 2.40. The molecule has 0 aliphatic rings. The van der Waals surface area contributed by atoms with Gasteiger partial charge in [0.05, 0.1) is 11.1 Å². The number of carbonyl (C=O) groups is 1. The number of hydrogen-bond donors (Lipinski definition) is 1. The van der Waals surface area contributed by atoms with E-state index in [-0.39, 0.29) is 5.91 Å². The van der Waals surface area contributed by atoms with E-state index in [0.717, 1.165) is 17.8 Å². The minimum Gasteiger partial charge on any atom is -0.369 e. The Kier molecular flexibility index (Phi) is 6.95. The molecule has 0 aliphatic carbocycles. The Morgan fingerprint density at radius 3 is 2.30 bits per heavy atom. The van der Waals surface area contributed by atoms with Gasteiger partial charge in [-0.1, -0.05) is 11.6 Å². The minimum atomic E-state index is -0.797. The predicted molar refractivity (Wildman–Crippen MR) is 96.1 cm³/mol. The zero-order valence-electron chi connectivity index (χ0n) is 15.2. The monoisotopic (exact) mass is 317 g/mol. The van der Waals surface area contributed by atoms with E-state index >= 15 is 0 Å². The maximum Gasteiger partial charge on any atom is 0.230 e. The van der Waals surface area contributed by atoms with Crippen LogP contribution in [-0.4, -0.2) is 34.4 Å². The molecule has 23 heavy (non-hydrogen) atoms. The van der Waals surface area contributed by atoms with Crippen molar-refractivity contribution in [2.45, 2.75) is 65.0 Å². The molecule has 1 aromatic rings. The molecule has 0 aliphatic heterocycles. The maximum atomic E-state index is 12.4. The molecule has 0 fully saturated rings. The van der Waals surface area contributed by atoms with Gasteiger partial charge in [0.25, 0.3) is 0 Å². The first-order valence-electron chi connectivity index (χ1n) is 8.32. The molecule has 4 nitrogen and oxygen atoms in total. The van der Waals surface area contributed by atoms with Gasteiger partial charge >= 0.3 is 0 Å². The average Bonchev–Trinajstić information content (AvgIpc) is 2.45. The fraction of sp³-hybridized carbons (Fsp3) is 0.579. The van der Waals surface area contributed by atoms with Gasteiger partial charge in [-0.3, -0.25) is 14.7 Å². The van der Waals surface area contributed by atoms with Crippen LogP contribution in [0, 0.1) is 0 Å². The van der Waals surface area contributed by atoms with Crippen LogP contribution in [0.1, 0.15) is 53.2 Å². The van der Waals surface area contributed by atoms with Crippen LogP contribution < -0.4 is 5.73 Å². The van der Waals surface area contributed by atoms with Gasteiger partial charge in [-0.15, -0.1) is 6.58 Å². The van der Waals surface area contributed by atoms with Crippen LogP contribution in [0.4, 0.5) is 0 Å². The first-order valence-corrected chi connectivity index (χ1v) is 8.32. The second kappa shape index (κ2) is 8.25. The summed E-state index contributed by atoms with van der Waals surface area (Å²) in [6.07, 6.45) is 2.89. The summed E-state index contributed by atoms with van der Waals surface area (Å²) in [4.78, 5) is 19.2. The van der Waals surface area contributed by atoms with Crippen LogP contribution in [-0.2, 0) is 10.2 Å². The number of rotatable bonds is 9. The first-order chi connectivity index (χ1) is 10.7. The predicted octanol–water partition coefficient (Wildman–Crippen LogP) is 3.28. The van der Waals surface area contributed by atoms with E-state index in [2.05, 4.69) is 44.2 Å². The van der Waals surface area contributed by atoms with Crippen molar-refractivity contribution in [2.75, 3.05) is 6.54 Å². The second-order valence-electron chi connectivity index (χ2n) is 6.97. The van der Waals surface area contributed by atoms with Crippen LogP contribution in [0.25, 0.3) is 0 Å². The largest absolute Gasteiger partial charge is 0.369 e. The molecule has 1 rings (SSSR count). The molecule has 1 atom stereocenters. The zero-order chi connectivity index (χ0) is 17.6.